The number of nitrogens with zero attached hydrogens (tertiary/aromatic N) is 1. The average molecular weight is 342 g/mol. The Morgan fingerprint density at radius 3 is 2.76 bits per heavy atom. The molecule has 1 aliphatic rings. The molecular formula is C20H26N2O3. The van der Waals surface area contributed by atoms with Gasteiger partial charge in [0.05, 0.1) is 6.04 Å². The molecule has 0 aliphatic carbocycles. The summed E-state index contributed by atoms with van der Waals surface area (Å²) >= 11 is 0. The molecule has 25 heavy (non-hydrogen) atoms. The minimum atomic E-state index is -0.355. The summed E-state index contributed by atoms with van der Waals surface area (Å²) in [4.78, 5) is 25.9. The molecule has 1 amide bonds. The van der Waals surface area contributed by atoms with Crippen molar-refractivity contribution in [2.45, 2.75) is 58.5 Å². The summed E-state index contributed by atoms with van der Waals surface area (Å²) in [5.41, 5.74) is 9.10. The Morgan fingerprint density at radius 1 is 1.32 bits per heavy atom. The standard InChI is InChI=1S/C20H26N2O3/c1-12(2)15-10-16-14(9-19(23)25-18(16)8-13(15)3)11-22-7-5-4-6-17(22)20(21)24/h8-10,12,17H,4-7,11H2,1-3H3,(H2,21,24)/t17-/m0/s1. The molecule has 2 heterocycles. The fourth-order valence-electron chi connectivity index (χ4n) is 3.87. The molecule has 2 N–H and O–H groups in total. The van der Waals surface area contributed by atoms with Crippen LogP contribution in [0.2, 0.25) is 0 Å². The molecule has 0 radical (unpaired) electrons. The number of carbonyl (C=O) groups excluding carboxylic acids is 1. The fourth-order valence-corrected chi connectivity index (χ4v) is 3.87. The van der Waals surface area contributed by atoms with E-state index in [1.165, 1.54) is 5.56 Å². The molecule has 1 aliphatic heterocycles. The minimum Gasteiger partial charge on any atom is -0.423 e. The first-order valence-electron chi connectivity index (χ1n) is 8.97. The lowest BCUT2D eigenvalue weighted by molar-refractivity contribution is -0.124. The molecule has 0 bridgehead atoms. The molecule has 5 heteroatoms. The third-order valence-electron chi connectivity index (χ3n) is 5.15. The number of amides is 1. The summed E-state index contributed by atoms with van der Waals surface area (Å²) in [7, 11) is 0. The van der Waals surface area contributed by atoms with Crippen molar-refractivity contribution in [2.75, 3.05) is 6.54 Å². The molecule has 5 nitrogen and oxygen atoms in total. The summed E-state index contributed by atoms with van der Waals surface area (Å²) in [5, 5.41) is 0.947. The van der Waals surface area contributed by atoms with Crippen LogP contribution in [0.1, 0.15) is 55.7 Å². The molecule has 2 aromatic rings. The predicted octanol–water partition coefficient (Wildman–Crippen LogP) is 3.06. The van der Waals surface area contributed by atoms with E-state index >= 15 is 0 Å². The lowest BCUT2D eigenvalue weighted by Crippen LogP contribution is -2.47. The number of aryl methyl sites for hydroxylation is 1. The SMILES string of the molecule is Cc1cc2oc(=O)cc(CN3CCCC[C@H]3C(N)=O)c2cc1C(C)C. The van der Waals surface area contributed by atoms with E-state index in [9.17, 15) is 9.59 Å². The summed E-state index contributed by atoms with van der Waals surface area (Å²) in [5.74, 6) is 0.100. The monoisotopic (exact) mass is 342 g/mol. The molecule has 3 rings (SSSR count). The summed E-state index contributed by atoms with van der Waals surface area (Å²) in [6.07, 6.45) is 2.84. The second-order valence-electron chi connectivity index (χ2n) is 7.33. The first kappa shape index (κ1) is 17.7. The highest BCUT2D eigenvalue weighted by molar-refractivity contribution is 5.83. The van der Waals surface area contributed by atoms with Crippen LogP contribution in [0.3, 0.4) is 0 Å². The zero-order valence-electron chi connectivity index (χ0n) is 15.2. The van der Waals surface area contributed by atoms with Crippen molar-refractivity contribution < 1.29 is 9.21 Å². The van der Waals surface area contributed by atoms with Crippen LogP contribution in [0.15, 0.2) is 27.4 Å². The molecule has 0 unspecified atom stereocenters. The molecule has 1 saturated heterocycles. The quantitative estimate of drug-likeness (QED) is 0.866. The van der Waals surface area contributed by atoms with Gasteiger partial charge in [-0.1, -0.05) is 20.3 Å². The number of likely N-dealkylation sites (tertiary alicyclic amines) is 1. The Bertz CT molecular complexity index is 854. The van der Waals surface area contributed by atoms with E-state index in [0.29, 0.717) is 18.0 Å². The van der Waals surface area contributed by atoms with Gasteiger partial charge in [-0.3, -0.25) is 9.69 Å². The average Bonchev–Trinajstić information content (AvgIpc) is 2.54. The van der Waals surface area contributed by atoms with Crippen molar-refractivity contribution in [3.8, 4) is 0 Å². The zero-order valence-corrected chi connectivity index (χ0v) is 15.2. The molecule has 134 valence electrons. The molecule has 1 aromatic heterocycles. The minimum absolute atomic E-state index is 0.258. The van der Waals surface area contributed by atoms with Crippen LogP contribution in [0.25, 0.3) is 11.0 Å². The maximum Gasteiger partial charge on any atom is 0.336 e. The Labute approximate surface area is 147 Å². The highest BCUT2D eigenvalue weighted by Gasteiger charge is 2.27. The third-order valence-corrected chi connectivity index (χ3v) is 5.15. The summed E-state index contributed by atoms with van der Waals surface area (Å²) in [6, 6.07) is 5.36. The normalized spacial score (nSPS) is 18.8. The van der Waals surface area contributed by atoms with E-state index in [-0.39, 0.29) is 17.6 Å². The maximum absolute atomic E-state index is 12.0. The van der Waals surface area contributed by atoms with Crippen molar-refractivity contribution in [3.63, 3.8) is 0 Å². The van der Waals surface area contributed by atoms with Gasteiger partial charge in [0.25, 0.3) is 0 Å². The van der Waals surface area contributed by atoms with Crippen LogP contribution in [-0.4, -0.2) is 23.4 Å². The van der Waals surface area contributed by atoms with Crippen molar-refractivity contribution >= 4 is 16.9 Å². The largest absolute Gasteiger partial charge is 0.423 e. The van der Waals surface area contributed by atoms with Gasteiger partial charge >= 0.3 is 5.63 Å². The van der Waals surface area contributed by atoms with Gasteiger partial charge in [0, 0.05) is 18.0 Å². The van der Waals surface area contributed by atoms with Gasteiger partial charge < -0.3 is 10.2 Å². The number of nitrogens with two attached hydrogens (primary N) is 1. The van der Waals surface area contributed by atoms with E-state index in [1.807, 2.05) is 13.0 Å². The first-order valence-corrected chi connectivity index (χ1v) is 8.97. The van der Waals surface area contributed by atoms with Gasteiger partial charge in [-0.25, -0.2) is 4.79 Å². The smallest absolute Gasteiger partial charge is 0.336 e. The lowest BCUT2D eigenvalue weighted by atomic mass is 9.94. The Balaban J connectivity index is 2.06. The number of piperidine rings is 1. The topological polar surface area (TPSA) is 76.5 Å². The first-order chi connectivity index (χ1) is 11.9. The zero-order chi connectivity index (χ0) is 18.1. The Kier molecular flexibility index (Phi) is 4.95. The van der Waals surface area contributed by atoms with Crippen molar-refractivity contribution in [3.05, 3.63) is 45.3 Å². The highest BCUT2D eigenvalue weighted by Crippen LogP contribution is 2.28. The number of benzene rings is 1. The fraction of sp³-hybridized carbons (Fsp3) is 0.500. The van der Waals surface area contributed by atoms with Gasteiger partial charge in [-0.2, -0.15) is 0 Å². The molecule has 1 atom stereocenters. The second kappa shape index (κ2) is 7.00. The van der Waals surface area contributed by atoms with Crippen molar-refractivity contribution in [1.29, 1.82) is 0 Å². The number of hydrogen-bond donors (Lipinski definition) is 1. The van der Waals surface area contributed by atoms with Gasteiger partial charge in [-0.05, 0) is 61.1 Å². The van der Waals surface area contributed by atoms with Crippen LogP contribution < -0.4 is 11.4 Å². The Morgan fingerprint density at radius 2 is 2.08 bits per heavy atom. The molecule has 1 aromatic carbocycles. The van der Waals surface area contributed by atoms with Crippen molar-refractivity contribution in [2.24, 2.45) is 5.73 Å². The summed E-state index contributed by atoms with van der Waals surface area (Å²) < 4.78 is 5.42. The molecular weight excluding hydrogens is 316 g/mol. The number of hydrogen-bond acceptors (Lipinski definition) is 4. The number of carbonyl (C=O) groups is 1. The van der Waals surface area contributed by atoms with E-state index in [1.54, 1.807) is 6.07 Å². The molecule has 1 fully saturated rings. The van der Waals surface area contributed by atoms with Gasteiger partial charge in [0.15, 0.2) is 0 Å². The van der Waals surface area contributed by atoms with Crippen LogP contribution in [0, 0.1) is 6.92 Å². The maximum atomic E-state index is 12.0. The van der Waals surface area contributed by atoms with Crippen molar-refractivity contribution in [1.82, 2.24) is 4.90 Å². The van der Waals surface area contributed by atoms with Gasteiger partial charge in [0.2, 0.25) is 5.91 Å². The van der Waals surface area contributed by atoms with E-state index in [4.69, 9.17) is 10.2 Å². The Hall–Kier alpha value is -2.14. The van der Waals surface area contributed by atoms with E-state index in [2.05, 4.69) is 24.8 Å². The van der Waals surface area contributed by atoms with Crippen LogP contribution >= 0.6 is 0 Å². The third kappa shape index (κ3) is 3.61. The van der Waals surface area contributed by atoms with E-state index < -0.39 is 0 Å². The lowest BCUT2D eigenvalue weighted by Gasteiger charge is -2.33. The second-order valence-corrected chi connectivity index (χ2v) is 7.33. The van der Waals surface area contributed by atoms with E-state index in [0.717, 1.165) is 42.3 Å². The molecule has 0 saturated carbocycles. The number of rotatable bonds is 4. The number of primary amides is 1. The predicted molar refractivity (Wildman–Crippen MR) is 98.6 cm³/mol. The van der Waals surface area contributed by atoms with Crippen LogP contribution in [0.5, 0.6) is 0 Å². The highest BCUT2D eigenvalue weighted by atomic mass is 16.4. The molecule has 0 spiro atoms. The number of fused-ring (bicyclic) bond motifs is 1. The van der Waals surface area contributed by atoms with Gasteiger partial charge in [-0.15, -0.1) is 0 Å². The summed E-state index contributed by atoms with van der Waals surface area (Å²) in [6.45, 7) is 7.70. The van der Waals surface area contributed by atoms with Gasteiger partial charge in [0.1, 0.15) is 5.58 Å². The van der Waals surface area contributed by atoms with Crippen LogP contribution in [-0.2, 0) is 11.3 Å². The van der Waals surface area contributed by atoms with Crippen LogP contribution in [0.4, 0.5) is 0 Å².